The van der Waals surface area contributed by atoms with Crippen LogP contribution in [0.3, 0.4) is 0 Å². The summed E-state index contributed by atoms with van der Waals surface area (Å²) >= 11 is 0. The van der Waals surface area contributed by atoms with E-state index in [4.69, 9.17) is 10.00 Å². The van der Waals surface area contributed by atoms with Crippen LogP contribution in [0.25, 0.3) is 0 Å². The average Bonchev–Trinajstić information content (AvgIpc) is 2.28. The molecule has 1 N–H and O–H groups in total. The summed E-state index contributed by atoms with van der Waals surface area (Å²) < 4.78 is 31.0. The Morgan fingerprint density at radius 2 is 2.00 bits per heavy atom. The third-order valence-electron chi connectivity index (χ3n) is 2.65. The maximum absolute atomic E-state index is 11.6. The van der Waals surface area contributed by atoms with Crippen LogP contribution in [0.4, 0.5) is 0 Å². The SMILES string of the molecule is CC(CN1CCOCC1)NS(=O)(=O)C(C)C#N. The van der Waals surface area contributed by atoms with E-state index in [-0.39, 0.29) is 6.04 Å². The van der Waals surface area contributed by atoms with Crippen molar-refractivity contribution in [3.63, 3.8) is 0 Å². The Kier molecular flexibility index (Phi) is 5.33. The number of ether oxygens (including phenoxy) is 1. The lowest BCUT2D eigenvalue weighted by Gasteiger charge is -2.29. The Hall–Kier alpha value is -0.680. The second kappa shape index (κ2) is 6.31. The molecular formula is C10H19N3O3S. The zero-order chi connectivity index (χ0) is 12.9. The summed E-state index contributed by atoms with van der Waals surface area (Å²) in [7, 11) is -3.53. The van der Waals surface area contributed by atoms with Crippen molar-refractivity contribution in [3.05, 3.63) is 0 Å². The first-order valence-corrected chi connectivity index (χ1v) is 7.21. The van der Waals surface area contributed by atoms with E-state index in [1.807, 2.05) is 0 Å². The number of nitriles is 1. The molecule has 0 saturated carbocycles. The standard InChI is InChI=1S/C10H19N3O3S/c1-9(8-13-3-5-16-6-4-13)12-17(14,15)10(2)7-11/h9-10,12H,3-6,8H2,1-2H3. The van der Waals surface area contributed by atoms with Crippen LogP contribution in [0.1, 0.15) is 13.8 Å². The minimum atomic E-state index is -3.53. The van der Waals surface area contributed by atoms with Gasteiger partial charge in [-0.3, -0.25) is 4.90 Å². The minimum absolute atomic E-state index is 0.200. The molecule has 0 aromatic heterocycles. The van der Waals surface area contributed by atoms with Crippen molar-refractivity contribution in [1.29, 1.82) is 5.26 Å². The molecule has 1 saturated heterocycles. The van der Waals surface area contributed by atoms with E-state index in [0.29, 0.717) is 19.8 Å². The molecule has 0 aromatic carbocycles. The monoisotopic (exact) mass is 261 g/mol. The van der Waals surface area contributed by atoms with Crippen LogP contribution in [-0.4, -0.2) is 57.5 Å². The van der Waals surface area contributed by atoms with Gasteiger partial charge in [0.1, 0.15) is 0 Å². The minimum Gasteiger partial charge on any atom is -0.379 e. The number of rotatable bonds is 5. The quantitative estimate of drug-likeness (QED) is 0.724. The van der Waals surface area contributed by atoms with Crippen LogP contribution in [-0.2, 0) is 14.8 Å². The van der Waals surface area contributed by atoms with Gasteiger partial charge in [-0.15, -0.1) is 0 Å². The molecule has 0 bridgehead atoms. The first-order valence-electron chi connectivity index (χ1n) is 5.66. The molecule has 1 rings (SSSR count). The summed E-state index contributed by atoms with van der Waals surface area (Å²) in [6.07, 6.45) is 0. The van der Waals surface area contributed by atoms with Crippen molar-refractivity contribution < 1.29 is 13.2 Å². The van der Waals surface area contributed by atoms with Gasteiger partial charge in [0, 0.05) is 25.7 Å². The highest BCUT2D eigenvalue weighted by Crippen LogP contribution is 2.02. The Labute approximate surface area is 103 Å². The van der Waals surface area contributed by atoms with Gasteiger partial charge in [-0.05, 0) is 13.8 Å². The van der Waals surface area contributed by atoms with Crippen molar-refractivity contribution in [2.75, 3.05) is 32.8 Å². The van der Waals surface area contributed by atoms with Crippen molar-refractivity contribution in [1.82, 2.24) is 9.62 Å². The fourth-order valence-electron chi connectivity index (χ4n) is 1.66. The molecule has 1 heterocycles. The van der Waals surface area contributed by atoms with Crippen molar-refractivity contribution >= 4 is 10.0 Å². The van der Waals surface area contributed by atoms with Crippen LogP contribution in [0.2, 0.25) is 0 Å². The van der Waals surface area contributed by atoms with Gasteiger partial charge < -0.3 is 4.74 Å². The Morgan fingerprint density at radius 1 is 1.41 bits per heavy atom. The van der Waals surface area contributed by atoms with E-state index in [1.165, 1.54) is 6.92 Å². The number of hydrogen-bond donors (Lipinski definition) is 1. The summed E-state index contributed by atoms with van der Waals surface area (Å²) in [4.78, 5) is 2.15. The van der Waals surface area contributed by atoms with Gasteiger partial charge in [0.2, 0.25) is 10.0 Å². The summed E-state index contributed by atoms with van der Waals surface area (Å²) in [5, 5.41) is 7.59. The van der Waals surface area contributed by atoms with Gasteiger partial charge in [0.05, 0.1) is 19.3 Å². The molecule has 2 unspecified atom stereocenters. The van der Waals surface area contributed by atoms with E-state index in [9.17, 15) is 8.42 Å². The molecule has 2 atom stereocenters. The molecule has 1 fully saturated rings. The first kappa shape index (κ1) is 14.4. The zero-order valence-electron chi connectivity index (χ0n) is 10.2. The van der Waals surface area contributed by atoms with Gasteiger partial charge in [-0.25, -0.2) is 13.1 Å². The van der Waals surface area contributed by atoms with Crippen LogP contribution in [0.5, 0.6) is 0 Å². The second-order valence-corrected chi connectivity index (χ2v) is 6.28. The normalized spacial score (nSPS) is 21.7. The first-order chi connectivity index (χ1) is 7.95. The van der Waals surface area contributed by atoms with Crippen LogP contribution in [0.15, 0.2) is 0 Å². The molecule has 0 aliphatic carbocycles. The topological polar surface area (TPSA) is 82.4 Å². The van der Waals surface area contributed by atoms with E-state index >= 15 is 0 Å². The third-order valence-corrected chi connectivity index (χ3v) is 4.42. The maximum Gasteiger partial charge on any atom is 0.227 e. The lowest BCUT2D eigenvalue weighted by Crippen LogP contribution is -2.47. The average molecular weight is 261 g/mol. The van der Waals surface area contributed by atoms with Crippen LogP contribution in [0, 0.1) is 11.3 Å². The number of nitrogens with zero attached hydrogens (tertiary/aromatic N) is 2. The Morgan fingerprint density at radius 3 is 2.53 bits per heavy atom. The molecule has 1 aliphatic rings. The summed E-state index contributed by atoms with van der Waals surface area (Å²) in [5.41, 5.74) is 0. The fourth-order valence-corrected chi connectivity index (χ4v) is 2.64. The van der Waals surface area contributed by atoms with Crippen molar-refractivity contribution in [3.8, 4) is 6.07 Å². The fraction of sp³-hybridized carbons (Fsp3) is 0.900. The number of nitrogens with one attached hydrogen (secondary N) is 1. The molecular weight excluding hydrogens is 242 g/mol. The summed E-state index contributed by atoms with van der Waals surface area (Å²) in [6.45, 7) is 6.84. The van der Waals surface area contributed by atoms with Crippen LogP contribution >= 0.6 is 0 Å². The number of hydrogen-bond acceptors (Lipinski definition) is 5. The van der Waals surface area contributed by atoms with E-state index < -0.39 is 15.3 Å². The number of morpholine rings is 1. The molecule has 7 heteroatoms. The van der Waals surface area contributed by atoms with E-state index in [2.05, 4.69) is 9.62 Å². The Bertz CT molecular complexity index is 371. The molecule has 6 nitrogen and oxygen atoms in total. The third kappa shape index (κ3) is 4.60. The molecule has 0 aromatic rings. The van der Waals surface area contributed by atoms with Gasteiger partial charge in [-0.1, -0.05) is 0 Å². The van der Waals surface area contributed by atoms with Gasteiger partial charge in [0.15, 0.2) is 5.25 Å². The predicted octanol–water partition coefficient (Wildman–Crippen LogP) is -0.461. The van der Waals surface area contributed by atoms with Crippen molar-refractivity contribution in [2.45, 2.75) is 25.1 Å². The predicted molar refractivity (Wildman–Crippen MR) is 63.9 cm³/mol. The molecule has 17 heavy (non-hydrogen) atoms. The molecule has 0 spiro atoms. The van der Waals surface area contributed by atoms with Gasteiger partial charge in [0.25, 0.3) is 0 Å². The molecule has 98 valence electrons. The Balaban J connectivity index is 2.43. The molecule has 0 amide bonds. The van der Waals surface area contributed by atoms with Gasteiger partial charge in [-0.2, -0.15) is 5.26 Å². The highest BCUT2D eigenvalue weighted by atomic mass is 32.2. The highest BCUT2D eigenvalue weighted by molar-refractivity contribution is 7.90. The summed E-state index contributed by atoms with van der Waals surface area (Å²) in [5.74, 6) is 0. The second-order valence-electron chi connectivity index (χ2n) is 4.25. The maximum atomic E-state index is 11.6. The van der Waals surface area contributed by atoms with Crippen molar-refractivity contribution in [2.24, 2.45) is 0 Å². The van der Waals surface area contributed by atoms with Gasteiger partial charge >= 0.3 is 0 Å². The lowest BCUT2D eigenvalue weighted by molar-refractivity contribution is 0.0354. The highest BCUT2D eigenvalue weighted by Gasteiger charge is 2.23. The smallest absolute Gasteiger partial charge is 0.227 e. The lowest BCUT2D eigenvalue weighted by atomic mass is 10.3. The largest absolute Gasteiger partial charge is 0.379 e. The zero-order valence-corrected chi connectivity index (χ0v) is 11.0. The summed E-state index contributed by atoms with van der Waals surface area (Å²) in [6, 6.07) is 1.53. The van der Waals surface area contributed by atoms with E-state index in [0.717, 1.165) is 13.1 Å². The number of sulfonamides is 1. The molecule has 0 radical (unpaired) electrons. The molecule has 1 aliphatic heterocycles. The van der Waals surface area contributed by atoms with E-state index in [1.54, 1.807) is 13.0 Å². The van der Waals surface area contributed by atoms with Crippen LogP contribution < -0.4 is 4.72 Å².